The van der Waals surface area contributed by atoms with Gasteiger partial charge in [-0.25, -0.2) is 9.97 Å². The van der Waals surface area contributed by atoms with Crippen LogP contribution in [0.5, 0.6) is 0 Å². The fourth-order valence-corrected chi connectivity index (χ4v) is 5.01. The molecule has 2 aromatic rings. The average Bonchev–Trinajstić information content (AvgIpc) is 3.21. The number of hydrogen-bond donors (Lipinski definition) is 1. The van der Waals surface area contributed by atoms with Crippen LogP contribution in [-0.2, 0) is 16.0 Å². The van der Waals surface area contributed by atoms with E-state index < -0.39 is 5.91 Å². The standard InChI is InChI=1S/C17H20N6O3S2/c1-10-13(7-14(19)24)28-17(20-10)27-9-15(25)22-3-5-23(6-4-22)16-12(8-18)21-11(2)26-16/h3-7,9H2,1-2H3,(H2,19,24). The molecule has 1 saturated heterocycles. The number of rotatable bonds is 6. The fraction of sp³-hybridized carbons (Fsp3) is 0.471. The van der Waals surface area contributed by atoms with E-state index in [1.54, 1.807) is 11.8 Å². The predicted molar refractivity (Wildman–Crippen MR) is 105 cm³/mol. The highest BCUT2D eigenvalue weighted by atomic mass is 32.2. The van der Waals surface area contributed by atoms with Crippen molar-refractivity contribution in [1.29, 1.82) is 5.26 Å². The third-order valence-electron chi connectivity index (χ3n) is 4.27. The molecule has 3 heterocycles. The van der Waals surface area contributed by atoms with E-state index >= 15 is 0 Å². The molecular weight excluding hydrogens is 400 g/mol. The van der Waals surface area contributed by atoms with Crippen molar-refractivity contribution >= 4 is 40.8 Å². The minimum atomic E-state index is -0.390. The van der Waals surface area contributed by atoms with E-state index in [1.165, 1.54) is 23.1 Å². The summed E-state index contributed by atoms with van der Waals surface area (Å²) in [6.07, 6.45) is 0.172. The van der Waals surface area contributed by atoms with Gasteiger partial charge in [-0.2, -0.15) is 5.26 Å². The van der Waals surface area contributed by atoms with Gasteiger partial charge in [0.1, 0.15) is 6.07 Å². The maximum atomic E-state index is 12.5. The summed E-state index contributed by atoms with van der Waals surface area (Å²) in [7, 11) is 0. The first-order chi connectivity index (χ1) is 13.4. The van der Waals surface area contributed by atoms with Gasteiger partial charge in [0.2, 0.25) is 23.4 Å². The first kappa shape index (κ1) is 20.2. The normalized spacial score (nSPS) is 14.2. The van der Waals surface area contributed by atoms with Crippen LogP contribution in [0.1, 0.15) is 22.2 Å². The Kier molecular flexibility index (Phi) is 6.21. The Hall–Kier alpha value is -2.58. The molecule has 0 unspecified atom stereocenters. The Labute approximate surface area is 170 Å². The third kappa shape index (κ3) is 4.63. The number of anilines is 1. The second kappa shape index (κ2) is 8.62. The minimum absolute atomic E-state index is 0.0308. The van der Waals surface area contributed by atoms with Gasteiger partial charge in [0, 0.05) is 38.0 Å². The number of carbonyl (C=O) groups is 2. The Morgan fingerprint density at radius 1 is 1.29 bits per heavy atom. The maximum Gasteiger partial charge on any atom is 0.234 e. The molecule has 1 fully saturated rings. The zero-order valence-corrected chi connectivity index (χ0v) is 17.2. The van der Waals surface area contributed by atoms with Gasteiger partial charge in [0.05, 0.1) is 17.9 Å². The number of aromatic nitrogens is 2. The summed E-state index contributed by atoms with van der Waals surface area (Å²) in [6.45, 7) is 5.80. The van der Waals surface area contributed by atoms with E-state index in [9.17, 15) is 9.59 Å². The van der Waals surface area contributed by atoms with E-state index in [0.717, 1.165) is 14.9 Å². The molecule has 3 rings (SSSR count). The summed E-state index contributed by atoms with van der Waals surface area (Å²) in [5, 5.41) is 9.15. The van der Waals surface area contributed by atoms with Crippen LogP contribution in [0.4, 0.5) is 5.88 Å². The number of thioether (sulfide) groups is 1. The van der Waals surface area contributed by atoms with Crippen molar-refractivity contribution in [2.24, 2.45) is 5.73 Å². The van der Waals surface area contributed by atoms with Gasteiger partial charge in [-0.05, 0) is 6.92 Å². The summed E-state index contributed by atoms with van der Waals surface area (Å²) < 4.78 is 6.29. The summed E-state index contributed by atoms with van der Waals surface area (Å²) in [4.78, 5) is 36.6. The number of primary amides is 1. The second-order valence-electron chi connectivity index (χ2n) is 6.29. The molecule has 0 aliphatic carbocycles. The van der Waals surface area contributed by atoms with Crippen molar-refractivity contribution in [3.63, 3.8) is 0 Å². The SMILES string of the molecule is Cc1nc(C#N)c(N2CCN(C(=O)CSc3nc(C)c(CC(N)=O)s3)CC2)o1. The highest BCUT2D eigenvalue weighted by Crippen LogP contribution is 2.28. The Morgan fingerprint density at radius 3 is 2.64 bits per heavy atom. The molecule has 0 bridgehead atoms. The Morgan fingerprint density at radius 2 is 2.00 bits per heavy atom. The molecule has 0 spiro atoms. The van der Waals surface area contributed by atoms with Crippen molar-refractivity contribution < 1.29 is 14.0 Å². The molecule has 1 aliphatic heterocycles. The monoisotopic (exact) mass is 420 g/mol. The first-order valence-electron chi connectivity index (χ1n) is 8.65. The lowest BCUT2D eigenvalue weighted by Gasteiger charge is -2.34. The van der Waals surface area contributed by atoms with Gasteiger partial charge < -0.3 is 20.0 Å². The molecule has 9 nitrogen and oxygen atoms in total. The number of nitrogens with two attached hydrogens (primary N) is 1. The zero-order valence-electron chi connectivity index (χ0n) is 15.6. The van der Waals surface area contributed by atoms with E-state index in [1.807, 2.05) is 17.9 Å². The van der Waals surface area contributed by atoms with Gasteiger partial charge in [-0.15, -0.1) is 11.3 Å². The van der Waals surface area contributed by atoms with Crippen LogP contribution in [0, 0.1) is 25.2 Å². The lowest BCUT2D eigenvalue weighted by molar-refractivity contribution is -0.128. The van der Waals surface area contributed by atoms with Crippen LogP contribution in [0.2, 0.25) is 0 Å². The van der Waals surface area contributed by atoms with Gasteiger partial charge in [-0.1, -0.05) is 11.8 Å². The van der Waals surface area contributed by atoms with Crippen LogP contribution in [0.3, 0.4) is 0 Å². The fourth-order valence-electron chi connectivity index (χ4n) is 2.86. The second-order valence-corrected chi connectivity index (χ2v) is 8.59. The van der Waals surface area contributed by atoms with Crippen molar-refractivity contribution in [1.82, 2.24) is 14.9 Å². The summed E-state index contributed by atoms with van der Waals surface area (Å²) >= 11 is 2.77. The van der Waals surface area contributed by atoms with Crippen molar-refractivity contribution in [2.45, 2.75) is 24.6 Å². The predicted octanol–water partition coefficient (Wildman–Crippen LogP) is 1.09. The smallest absolute Gasteiger partial charge is 0.234 e. The largest absolute Gasteiger partial charge is 0.424 e. The molecule has 2 amide bonds. The van der Waals surface area contributed by atoms with Crippen molar-refractivity contribution in [2.75, 3.05) is 36.8 Å². The number of nitrogens with zero attached hydrogens (tertiary/aromatic N) is 5. The summed E-state index contributed by atoms with van der Waals surface area (Å²) in [6, 6.07) is 2.04. The molecule has 28 heavy (non-hydrogen) atoms. The highest BCUT2D eigenvalue weighted by molar-refractivity contribution is 8.01. The van der Waals surface area contributed by atoms with Crippen LogP contribution in [0.25, 0.3) is 0 Å². The number of piperazine rings is 1. The van der Waals surface area contributed by atoms with Crippen molar-refractivity contribution in [3.8, 4) is 6.07 Å². The van der Waals surface area contributed by atoms with Gasteiger partial charge in [0.25, 0.3) is 0 Å². The molecule has 0 atom stereocenters. The Bertz CT molecular complexity index is 924. The highest BCUT2D eigenvalue weighted by Gasteiger charge is 2.26. The van der Waals surface area contributed by atoms with Crippen LogP contribution >= 0.6 is 23.1 Å². The molecule has 2 aromatic heterocycles. The number of thiazole rings is 1. The molecule has 148 valence electrons. The molecule has 11 heteroatoms. The minimum Gasteiger partial charge on any atom is -0.424 e. The van der Waals surface area contributed by atoms with Crippen LogP contribution in [-0.4, -0.2) is 58.6 Å². The quantitative estimate of drug-likeness (QED) is 0.688. The van der Waals surface area contributed by atoms with Gasteiger partial charge >= 0.3 is 0 Å². The Balaban J connectivity index is 1.52. The summed E-state index contributed by atoms with van der Waals surface area (Å²) in [5.41, 5.74) is 6.29. The number of hydrogen-bond acceptors (Lipinski definition) is 9. The number of oxazole rings is 1. The van der Waals surface area contributed by atoms with E-state index in [-0.39, 0.29) is 23.8 Å². The molecule has 1 aliphatic rings. The van der Waals surface area contributed by atoms with Gasteiger partial charge in [-0.3, -0.25) is 9.59 Å². The lowest BCUT2D eigenvalue weighted by atomic mass is 10.3. The molecule has 0 aromatic carbocycles. The van der Waals surface area contributed by atoms with Gasteiger partial charge in [0.15, 0.2) is 10.2 Å². The van der Waals surface area contributed by atoms with E-state index in [2.05, 4.69) is 9.97 Å². The first-order valence-corrected chi connectivity index (χ1v) is 10.4. The summed E-state index contributed by atoms with van der Waals surface area (Å²) in [5.74, 6) is 0.855. The number of nitriles is 1. The average molecular weight is 421 g/mol. The maximum absolute atomic E-state index is 12.5. The third-order valence-corrected chi connectivity index (χ3v) is 6.55. The molecule has 2 N–H and O–H groups in total. The number of aryl methyl sites for hydroxylation is 2. The molecule has 0 radical (unpaired) electrons. The van der Waals surface area contributed by atoms with Crippen molar-refractivity contribution in [3.05, 3.63) is 22.2 Å². The molecular formula is C17H20N6O3S2. The lowest BCUT2D eigenvalue weighted by Crippen LogP contribution is -2.49. The number of carbonyl (C=O) groups excluding carboxylic acids is 2. The van der Waals surface area contributed by atoms with Crippen LogP contribution in [0.15, 0.2) is 8.76 Å². The topological polar surface area (TPSA) is 129 Å². The molecule has 0 saturated carbocycles. The van der Waals surface area contributed by atoms with Crippen LogP contribution < -0.4 is 10.6 Å². The van der Waals surface area contributed by atoms with E-state index in [4.69, 9.17) is 15.4 Å². The number of amides is 2. The zero-order chi connectivity index (χ0) is 20.3. The van der Waals surface area contributed by atoms with E-state index in [0.29, 0.717) is 38.0 Å².